The molecule has 0 saturated carbocycles. The molecule has 2 unspecified atom stereocenters. The molecule has 0 spiro atoms. The van der Waals surface area contributed by atoms with Gasteiger partial charge in [0.1, 0.15) is 12.6 Å². The Morgan fingerprint density at radius 2 is 0.769 bits per heavy atom. The van der Waals surface area contributed by atoms with Crippen LogP contribution in [0.5, 0.6) is 0 Å². The Bertz CT molecular complexity index is 1070. The van der Waals surface area contributed by atoms with Crippen LogP contribution in [0.1, 0.15) is 284 Å². The number of esters is 2. The minimum atomic E-state index is -1.12. The van der Waals surface area contributed by atoms with Crippen molar-refractivity contribution in [3.05, 3.63) is 12.2 Å². The quantitative estimate of drug-likeness (QED) is 0.0259. The molecule has 0 aliphatic heterocycles. The Morgan fingerprint density at radius 3 is 1.11 bits per heavy atom. The molecule has 0 aromatic rings. The molecule has 0 aliphatic rings. The molecule has 384 valence electrons. The summed E-state index contributed by atoms with van der Waals surface area (Å²) in [5.41, 5.74) is 0. The summed E-state index contributed by atoms with van der Waals surface area (Å²) in [4.78, 5) is 37.1. The van der Waals surface area contributed by atoms with Gasteiger partial charge in [0.05, 0.1) is 40.3 Å². The van der Waals surface area contributed by atoms with Gasteiger partial charge in [0, 0.05) is 19.3 Å². The fourth-order valence-corrected chi connectivity index (χ4v) is 8.78. The van der Waals surface area contributed by atoms with Crippen molar-refractivity contribution in [3.8, 4) is 0 Å². The second-order valence-electron chi connectivity index (χ2n) is 20.5. The first kappa shape index (κ1) is 63.1. The van der Waals surface area contributed by atoms with Gasteiger partial charge in [-0.1, -0.05) is 238 Å². The highest BCUT2D eigenvalue weighted by Gasteiger charge is 2.25. The van der Waals surface area contributed by atoms with Gasteiger partial charge >= 0.3 is 11.9 Å². The number of hydrogen-bond acceptors (Lipinski definition) is 7. The lowest BCUT2D eigenvalue weighted by Gasteiger charge is -2.34. The van der Waals surface area contributed by atoms with E-state index in [-0.39, 0.29) is 42.7 Å². The van der Waals surface area contributed by atoms with Gasteiger partial charge in [0.2, 0.25) is 0 Å². The molecule has 8 heteroatoms. The van der Waals surface area contributed by atoms with Gasteiger partial charge in [0.25, 0.3) is 0 Å². The first-order valence-corrected chi connectivity index (χ1v) is 28.2. The summed E-state index contributed by atoms with van der Waals surface area (Å²) < 4.78 is 17.3. The minimum absolute atomic E-state index is 0.0454. The number of aliphatic carboxylic acids is 1. The van der Waals surface area contributed by atoms with Gasteiger partial charge < -0.3 is 28.6 Å². The molecule has 0 N–H and O–H groups in total. The highest BCUT2D eigenvalue weighted by molar-refractivity contribution is 5.70. The van der Waals surface area contributed by atoms with Crippen LogP contribution in [0, 0.1) is 0 Å². The van der Waals surface area contributed by atoms with Crippen LogP contribution in [0.25, 0.3) is 0 Å². The van der Waals surface area contributed by atoms with E-state index in [2.05, 4.69) is 26.0 Å². The third-order valence-electron chi connectivity index (χ3n) is 13.2. The zero-order valence-corrected chi connectivity index (χ0v) is 43.9. The molecule has 0 bridgehead atoms. The van der Waals surface area contributed by atoms with Crippen LogP contribution in [-0.4, -0.2) is 75.5 Å². The zero-order valence-electron chi connectivity index (χ0n) is 43.9. The van der Waals surface area contributed by atoms with Crippen molar-refractivity contribution in [2.24, 2.45) is 0 Å². The minimum Gasteiger partial charge on any atom is -0.544 e. The van der Waals surface area contributed by atoms with Crippen LogP contribution in [-0.2, 0) is 28.6 Å². The van der Waals surface area contributed by atoms with Crippen LogP contribution >= 0.6 is 0 Å². The number of quaternary nitrogens is 1. The average Bonchev–Trinajstić information content (AvgIpc) is 3.27. The molecule has 0 amide bonds. The number of ether oxygens (including phenoxy) is 3. The SMILES string of the molecule is CCCCCCCCCCCC/C=C/CCCCCCCCCC(=O)OC(COCCC(C(=O)[O-])[N+](C)(C)C)COC(=O)CCCCCCCCCCCCCCCCCCCCCC. The fourth-order valence-electron chi connectivity index (χ4n) is 8.78. The Balaban J connectivity index is 4.15. The highest BCUT2D eigenvalue weighted by Crippen LogP contribution is 2.17. The average molecular weight is 920 g/mol. The lowest BCUT2D eigenvalue weighted by atomic mass is 10.0. The summed E-state index contributed by atoms with van der Waals surface area (Å²) in [5, 5.41) is 11.7. The summed E-state index contributed by atoms with van der Waals surface area (Å²) in [7, 11) is 5.43. The second kappa shape index (κ2) is 48.5. The molecule has 0 aromatic heterocycles. The Morgan fingerprint density at radius 1 is 0.446 bits per heavy atom. The van der Waals surface area contributed by atoms with Gasteiger partial charge in [0.15, 0.2) is 6.10 Å². The third-order valence-corrected chi connectivity index (χ3v) is 13.2. The number of carboxylic acids is 1. The zero-order chi connectivity index (χ0) is 47.7. The fraction of sp³-hybridized carbons (Fsp3) is 0.912. The number of carbonyl (C=O) groups is 3. The number of carboxylic acid groups (broad SMARTS) is 1. The van der Waals surface area contributed by atoms with Gasteiger partial charge in [-0.05, 0) is 38.5 Å². The van der Waals surface area contributed by atoms with Crippen molar-refractivity contribution in [2.45, 2.75) is 296 Å². The molecule has 0 heterocycles. The predicted octanol–water partition coefficient (Wildman–Crippen LogP) is 15.3. The van der Waals surface area contributed by atoms with E-state index in [0.717, 1.165) is 38.5 Å². The van der Waals surface area contributed by atoms with Crippen molar-refractivity contribution in [1.82, 2.24) is 0 Å². The molecule has 0 saturated heterocycles. The van der Waals surface area contributed by atoms with Crippen molar-refractivity contribution in [1.29, 1.82) is 0 Å². The molecule has 8 nitrogen and oxygen atoms in total. The molecule has 0 aromatic carbocycles. The van der Waals surface area contributed by atoms with Crippen molar-refractivity contribution in [2.75, 3.05) is 41.0 Å². The summed E-state index contributed by atoms with van der Waals surface area (Å²) >= 11 is 0. The monoisotopic (exact) mass is 920 g/mol. The Kier molecular flexibility index (Phi) is 47.1. The number of carbonyl (C=O) groups excluding carboxylic acids is 3. The van der Waals surface area contributed by atoms with Gasteiger partial charge in [-0.2, -0.15) is 0 Å². The number of rotatable bonds is 52. The number of likely N-dealkylation sites (N-methyl/N-ethyl adjacent to an activating group) is 1. The maximum absolute atomic E-state index is 12.8. The van der Waals surface area contributed by atoms with E-state index in [0.29, 0.717) is 12.8 Å². The van der Waals surface area contributed by atoms with Crippen molar-refractivity contribution in [3.63, 3.8) is 0 Å². The molecule has 0 radical (unpaired) electrons. The maximum Gasteiger partial charge on any atom is 0.306 e. The first-order chi connectivity index (χ1) is 31.6. The maximum atomic E-state index is 12.8. The topological polar surface area (TPSA) is 102 Å². The van der Waals surface area contributed by atoms with Crippen LogP contribution < -0.4 is 5.11 Å². The van der Waals surface area contributed by atoms with Crippen LogP contribution in [0.4, 0.5) is 0 Å². The smallest absolute Gasteiger partial charge is 0.306 e. The summed E-state index contributed by atoms with van der Waals surface area (Å²) in [6.45, 7) is 4.72. The van der Waals surface area contributed by atoms with Crippen molar-refractivity contribution < 1.29 is 38.2 Å². The van der Waals surface area contributed by atoms with E-state index in [4.69, 9.17) is 14.2 Å². The molecule has 2 atom stereocenters. The second-order valence-corrected chi connectivity index (χ2v) is 20.5. The molecule has 65 heavy (non-hydrogen) atoms. The molecule has 0 rings (SSSR count). The standard InChI is InChI=1S/C57H109NO7/c1-6-8-10-12-14-16-18-20-22-24-26-28-30-32-34-36-38-40-42-44-46-48-56(60)65-53(51-63-50-49-54(57(61)62)58(3,4)5)52-64-55(59)47-45-43-41-39-37-35-33-31-29-27-25-23-21-19-17-15-13-11-9-7-2/h28,30,53-54H,6-27,29,31-52H2,1-5H3/b30-28+. The molecular weight excluding hydrogens is 811 g/mol. The third kappa shape index (κ3) is 46.9. The highest BCUT2D eigenvalue weighted by atomic mass is 16.6. The normalized spacial score (nSPS) is 12.8. The number of unbranched alkanes of at least 4 members (excludes halogenated alkanes) is 36. The van der Waals surface area contributed by atoms with Crippen LogP contribution in [0.15, 0.2) is 12.2 Å². The predicted molar refractivity (Wildman–Crippen MR) is 273 cm³/mol. The molecule has 0 aliphatic carbocycles. The van der Waals surface area contributed by atoms with Crippen LogP contribution in [0.2, 0.25) is 0 Å². The van der Waals surface area contributed by atoms with Crippen molar-refractivity contribution >= 4 is 17.9 Å². The van der Waals surface area contributed by atoms with E-state index >= 15 is 0 Å². The van der Waals surface area contributed by atoms with Crippen LogP contribution in [0.3, 0.4) is 0 Å². The van der Waals surface area contributed by atoms with Gasteiger partial charge in [-0.25, -0.2) is 0 Å². The summed E-state index contributed by atoms with van der Waals surface area (Å²) in [5.74, 6) is -1.71. The summed E-state index contributed by atoms with van der Waals surface area (Å²) in [6, 6.07) is -0.723. The summed E-state index contributed by atoms with van der Waals surface area (Å²) in [6.07, 6.45) is 55.4. The lowest BCUT2D eigenvalue weighted by Crippen LogP contribution is -2.55. The number of hydrogen-bond donors (Lipinski definition) is 0. The van der Waals surface area contributed by atoms with E-state index in [1.54, 1.807) is 0 Å². The first-order valence-electron chi connectivity index (χ1n) is 28.2. The van der Waals surface area contributed by atoms with E-state index in [1.165, 1.54) is 212 Å². The number of allylic oxidation sites excluding steroid dienone is 2. The van der Waals surface area contributed by atoms with E-state index < -0.39 is 18.1 Å². The molecule has 0 fully saturated rings. The van der Waals surface area contributed by atoms with E-state index in [1.807, 2.05) is 21.1 Å². The van der Waals surface area contributed by atoms with E-state index in [9.17, 15) is 19.5 Å². The van der Waals surface area contributed by atoms with Gasteiger partial charge in [-0.3, -0.25) is 9.59 Å². The van der Waals surface area contributed by atoms with Gasteiger partial charge in [-0.15, -0.1) is 0 Å². The Hall–Kier alpha value is -1.93. The number of nitrogens with zero attached hydrogens (tertiary/aromatic N) is 1. The Labute approximate surface area is 403 Å². The largest absolute Gasteiger partial charge is 0.544 e. The molecular formula is C57H109NO7. The lowest BCUT2D eigenvalue weighted by molar-refractivity contribution is -0.889.